The number of carbonyl (C=O) groups excluding carboxylic acids is 1. The fourth-order valence-corrected chi connectivity index (χ4v) is 3.14. The summed E-state index contributed by atoms with van der Waals surface area (Å²) >= 11 is 0. The maximum absolute atomic E-state index is 12.0. The van der Waals surface area contributed by atoms with Crippen LogP contribution in [0.3, 0.4) is 0 Å². The van der Waals surface area contributed by atoms with Gasteiger partial charge in [0.2, 0.25) is 10.0 Å². The molecule has 0 aromatic rings. The minimum absolute atomic E-state index is 0.0457. The van der Waals surface area contributed by atoms with Gasteiger partial charge < -0.3 is 9.84 Å². The number of nitrogens with zero attached hydrogens (tertiary/aromatic N) is 1. The summed E-state index contributed by atoms with van der Waals surface area (Å²) in [5, 5.41) is 9.65. The third-order valence-corrected chi connectivity index (χ3v) is 4.30. The fraction of sp³-hybridized carbons (Fsp3) is 0.909. The van der Waals surface area contributed by atoms with Crippen molar-refractivity contribution in [1.29, 1.82) is 0 Å². The van der Waals surface area contributed by atoms with Crippen molar-refractivity contribution >= 4 is 16.0 Å². The Morgan fingerprint density at radius 3 is 2.33 bits per heavy atom. The Labute approximate surface area is 109 Å². The molecule has 18 heavy (non-hydrogen) atoms. The summed E-state index contributed by atoms with van der Waals surface area (Å²) in [7, 11) is -2.18. The van der Waals surface area contributed by atoms with E-state index >= 15 is 0 Å². The monoisotopic (exact) mass is 281 g/mol. The number of carbonyl (C=O) groups is 1. The van der Waals surface area contributed by atoms with E-state index in [1.54, 1.807) is 20.8 Å². The molecule has 0 aliphatic rings. The van der Waals surface area contributed by atoms with Crippen molar-refractivity contribution in [2.24, 2.45) is 0 Å². The summed E-state index contributed by atoms with van der Waals surface area (Å²) in [4.78, 5) is 10.9. The van der Waals surface area contributed by atoms with Crippen LogP contribution in [0.15, 0.2) is 0 Å². The van der Waals surface area contributed by atoms with E-state index in [2.05, 4.69) is 4.74 Å². The van der Waals surface area contributed by atoms with Gasteiger partial charge in [0.1, 0.15) is 0 Å². The number of likely N-dealkylation sites (N-methyl/N-ethyl adjacent to an activating group) is 1. The van der Waals surface area contributed by atoms with E-state index in [4.69, 9.17) is 0 Å². The van der Waals surface area contributed by atoms with Gasteiger partial charge in [-0.15, -0.1) is 0 Å². The van der Waals surface area contributed by atoms with E-state index < -0.39 is 21.6 Å². The predicted octanol–water partition coefficient (Wildman–Crippen LogP) is 0.362. The van der Waals surface area contributed by atoms with Gasteiger partial charge in [-0.1, -0.05) is 6.92 Å². The molecule has 0 heterocycles. The molecule has 0 aromatic heterocycles. The lowest BCUT2D eigenvalue weighted by Gasteiger charge is -2.27. The SMILES string of the molecule is CCN(CC(C)(C)O)S(=O)(=O)CCCC(=O)OC. The quantitative estimate of drug-likeness (QED) is 0.650. The Morgan fingerprint density at radius 2 is 1.94 bits per heavy atom. The number of rotatable bonds is 8. The molecule has 7 heteroatoms. The molecule has 6 nitrogen and oxygen atoms in total. The Balaban J connectivity index is 4.45. The van der Waals surface area contributed by atoms with Gasteiger partial charge >= 0.3 is 5.97 Å². The zero-order chi connectivity index (χ0) is 14.4. The summed E-state index contributed by atoms with van der Waals surface area (Å²) in [6.07, 6.45) is 0.299. The molecule has 0 spiro atoms. The molecular formula is C11H23NO5S. The first-order chi connectivity index (χ1) is 8.12. The Morgan fingerprint density at radius 1 is 1.39 bits per heavy atom. The number of ether oxygens (including phenoxy) is 1. The molecule has 0 amide bonds. The van der Waals surface area contributed by atoms with Gasteiger partial charge in [0.05, 0.1) is 18.5 Å². The van der Waals surface area contributed by atoms with E-state index in [1.165, 1.54) is 11.4 Å². The highest BCUT2D eigenvalue weighted by Gasteiger charge is 2.26. The van der Waals surface area contributed by atoms with Gasteiger partial charge in [-0.2, -0.15) is 4.31 Å². The smallest absolute Gasteiger partial charge is 0.305 e. The van der Waals surface area contributed by atoms with Crippen LogP contribution in [-0.2, 0) is 19.6 Å². The molecule has 0 saturated heterocycles. The van der Waals surface area contributed by atoms with Gasteiger partial charge in [0.25, 0.3) is 0 Å². The molecule has 0 saturated carbocycles. The lowest BCUT2D eigenvalue weighted by Crippen LogP contribution is -2.43. The molecule has 0 aromatic carbocycles. The van der Waals surface area contributed by atoms with Crippen LogP contribution >= 0.6 is 0 Å². The molecule has 1 N–H and O–H groups in total. The van der Waals surface area contributed by atoms with Crippen LogP contribution in [-0.4, -0.2) is 55.4 Å². The molecule has 0 rings (SSSR count). The second kappa shape index (κ2) is 7.06. The van der Waals surface area contributed by atoms with Gasteiger partial charge in [-0.25, -0.2) is 8.42 Å². The van der Waals surface area contributed by atoms with E-state index in [0.717, 1.165) is 0 Å². The van der Waals surface area contributed by atoms with Crippen molar-refractivity contribution < 1.29 is 23.1 Å². The second-order valence-corrected chi connectivity index (χ2v) is 6.82. The lowest BCUT2D eigenvalue weighted by molar-refractivity contribution is -0.140. The van der Waals surface area contributed by atoms with E-state index in [9.17, 15) is 18.3 Å². The minimum atomic E-state index is -3.44. The largest absolute Gasteiger partial charge is 0.469 e. The Bertz CT molecular complexity index is 358. The first-order valence-corrected chi connectivity index (χ1v) is 7.50. The predicted molar refractivity (Wildman–Crippen MR) is 68.6 cm³/mol. The second-order valence-electron chi connectivity index (χ2n) is 4.73. The highest BCUT2D eigenvalue weighted by Crippen LogP contribution is 2.11. The van der Waals surface area contributed by atoms with Gasteiger partial charge in [0.15, 0.2) is 0 Å². The van der Waals surface area contributed by atoms with Crippen LogP contribution < -0.4 is 0 Å². The summed E-state index contributed by atoms with van der Waals surface area (Å²) in [5.41, 5.74) is -1.08. The van der Waals surface area contributed by atoms with Crippen LogP contribution in [0.2, 0.25) is 0 Å². The van der Waals surface area contributed by atoms with E-state index in [-0.39, 0.29) is 25.1 Å². The number of aliphatic hydroxyl groups is 1. The maximum Gasteiger partial charge on any atom is 0.305 e. The number of methoxy groups -OCH3 is 1. The molecule has 0 bridgehead atoms. The molecule has 108 valence electrons. The number of hydrogen-bond acceptors (Lipinski definition) is 5. The van der Waals surface area contributed by atoms with Crippen molar-refractivity contribution in [2.45, 2.75) is 39.2 Å². The van der Waals surface area contributed by atoms with Crippen molar-refractivity contribution in [3.63, 3.8) is 0 Å². The van der Waals surface area contributed by atoms with Crippen LogP contribution in [0.25, 0.3) is 0 Å². The average Bonchev–Trinajstić information content (AvgIpc) is 2.23. The normalized spacial score (nSPS) is 12.8. The molecule has 0 radical (unpaired) electrons. The maximum atomic E-state index is 12.0. The van der Waals surface area contributed by atoms with Crippen molar-refractivity contribution in [1.82, 2.24) is 4.31 Å². The molecule has 0 fully saturated rings. The summed E-state index contributed by atoms with van der Waals surface area (Å²) in [6.45, 7) is 5.16. The van der Waals surface area contributed by atoms with E-state index in [1.807, 2.05) is 0 Å². The molecular weight excluding hydrogens is 258 g/mol. The summed E-state index contributed by atoms with van der Waals surface area (Å²) < 4.78 is 29.6. The number of sulfonamides is 1. The number of hydrogen-bond donors (Lipinski definition) is 1. The number of esters is 1. The zero-order valence-electron chi connectivity index (χ0n) is 11.5. The van der Waals surface area contributed by atoms with Crippen LogP contribution in [0, 0.1) is 0 Å². The minimum Gasteiger partial charge on any atom is -0.469 e. The van der Waals surface area contributed by atoms with Crippen molar-refractivity contribution in [2.75, 3.05) is 26.0 Å². The Kier molecular flexibility index (Phi) is 6.80. The van der Waals surface area contributed by atoms with Crippen LogP contribution in [0.5, 0.6) is 0 Å². The first kappa shape index (κ1) is 17.3. The highest BCUT2D eigenvalue weighted by atomic mass is 32.2. The van der Waals surface area contributed by atoms with Gasteiger partial charge in [0, 0.05) is 19.5 Å². The standard InChI is InChI=1S/C11H23NO5S/c1-5-12(9-11(2,3)14)18(15,16)8-6-7-10(13)17-4/h14H,5-9H2,1-4H3. The van der Waals surface area contributed by atoms with Crippen molar-refractivity contribution in [3.05, 3.63) is 0 Å². The van der Waals surface area contributed by atoms with Gasteiger partial charge in [-0.3, -0.25) is 4.79 Å². The fourth-order valence-electron chi connectivity index (χ4n) is 1.47. The van der Waals surface area contributed by atoms with E-state index in [0.29, 0.717) is 6.54 Å². The molecule has 0 aliphatic carbocycles. The van der Waals surface area contributed by atoms with Crippen molar-refractivity contribution in [3.8, 4) is 0 Å². The Hall–Kier alpha value is -0.660. The third kappa shape index (κ3) is 6.93. The average molecular weight is 281 g/mol. The molecule has 0 unspecified atom stereocenters. The lowest BCUT2D eigenvalue weighted by atomic mass is 10.1. The topological polar surface area (TPSA) is 83.9 Å². The van der Waals surface area contributed by atoms with Crippen LogP contribution in [0.4, 0.5) is 0 Å². The van der Waals surface area contributed by atoms with Gasteiger partial charge in [-0.05, 0) is 20.3 Å². The first-order valence-electron chi connectivity index (χ1n) is 5.89. The summed E-state index contributed by atoms with van der Waals surface area (Å²) in [6, 6.07) is 0. The molecule has 0 atom stereocenters. The molecule has 0 aliphatic heterocycles. The highest BCUT2D eigenvalue weighted by molar-refractivity contribution is 7.89. The van der Waals surface area contributed by atoms with Crippen LogP contribution in [0.1, 0.15) is 33.6 Å². The third-order valence-electron chi connectivity index (χ3n) is 2.32. The zero-order valence-corrected chi connectivity index (χ0v) is 12.3. The summed E-state index contributed by atoms with van der Waals surface area (Å²) in [5.74, 6) is -0.540.